The van der Waals surface area contributed by atoms with Crippen molar-refractivity contribution in [1.82, 2.24) is 4.90 Å². The van der Waals surface area contributed by atoms with Crippen LogP contribution in [0.1, 0.15) is 11.7 Å². The molecule has 1 aliphatic rings. The maximum absolute atomic E-state index is 10.7. The van der Waals surface area contributed by atoms with E-state index < -0.39 is 0 Å². The summed E-state index contributed by atoms with van der Waals surface area (Å²) in [5, 5.41) is 0. The number of thiocarbonyl (C=S) groups is 1. The number of aliphatic imine (C=N–C) groups is 1. The Bertz CT molecular complexity index is 427. The van der Waals surface area contributed by atoms with Gasteiger partial charge in [0.05, 0.1) is 0 Å². The van der Waals surface area contributed by atoms with Crippen LogP contribution < -0.4 is 0 Å². The minimum absolute atomic E-state index is 0.154. The van der Waals surface area contributed by atoms with E-state index in [-0.39, 0.29) is 6.17 Å². The van der Waals surface area contributed by atoms with E-state index in [1.807, 2.05) is 42.3 Å². The van der Waals surface area contributed by atoms with E-state index in [1.54, 1.807) is 0 Å². The topological polar surface area (TPSA) is 32.7 Å². The lowest BCUT2D eigenvalue weighted by molar-refractivity contribution is -0.102. The molecule has 0 bridgehead atoms. The maximum atomic E-state index is 10.7. The van der Waals surface area contributed by atoms with E-state index in [2.05, 4.69) is 4.99 Å². The second kappa shape index (κ2) is 3.90. The molecule has 0 amide bonds. The van der Waals surface area contributed by atoms with Gasteiger partial charge in [0.25, 0.3) is 0 Å². The Morgan fingerprint density at radius 2 is 2.07 bits per heavy atom. The number of benzene rings is 1. The van der Waals surface area contributed by atoms with Crippen molar-refractivity contribution >= 4 is 29.2 Å². The van der Waals surface area contributed by atoms with E-state index in [0.29, 0.717) is 17.0 Å². The summed E-state index contributed by atoms with van der Waals surface area (Å²) in [5.41, 5.74) is 1.40. The molecule has 3 nitrogen and oxygen atoms in total. The van der Waals surface area contributed by atoms with Crippen LogP contribution in [-0.4, -0.2) is 28.9 Å². The number of carbonyl (C=O) groups excluding carboxylic acids is 1. The molecule has 0 spiro atoms. The van der Waals surface area contributed by atoms with Gasteiger partial charge in [0.1, 0.15) is 16.9 Å². The third-order valence-corrected chi connectivity index (χ3v) is 2.87. The Labute approximate surface area is 93.4 Å². The molecule has 1 unspecified atom stereocenters. The molecule has 1 aromatic rings. The molecule has 0 radical (unpaired) electrons. The van der Waals surface area contributed by atoms with Crippen LogP contribution in [0.3, 0.4) is 0 Å². The van der Waals surface area contributed by atoms with Gasteiger partial charge < -0.3 is 4.90 Å². The summed E-state index contributed by atoms with van der Waals surface area (Å²) < 4.78 is 0. The zero-order valence-electron chi connectivity index (χ0n) is 8.25. The smallest absolute Gasteiger partial charge is 0.171 e. The second-order valence-corrected chi connectivity index (χ2v) is 3.72. The molecule has 1 atom stereocenters. The number of aldehydes is 1. The van der Waals surface area contributed by atoms with Crippen molar-refractivity contribution in [3.05, 3.63) is 35.9 Å². The Balaban J connectivity index is 2.37. The first kappa shape index (κ1) is 9.98. The fourth-order valence-corrected chi connectivity index (χ4v) is 1.77. The van der Waals surface area contributed by atoms with E-state index in [9.17, 15) is 4.79 Å². The quantitative estimate of drug-likeness (QED) is 0.558. The molecule has 0 saturated carbocycles. The van der Waals surface area contributed by atoms with Gasteiger partial charge in [-0.15, -0.1) is 0 Å². The molecule has 0 aliphatic carbocycles. The molecule has 76 valence electrons. The Morgan fingerprint density at radius 1 is 1.40 bits per heavy atom. The third-order valence-electron chi connectivity index (χ3n) is 2.38. The van der Waals surface area contributed by atoms with Gasteiger partial charge in [-0.3, -0.25) is 4.79 Å². The molecule has 0 saturated heterocycles. The highest BCUT2D eigenvalue weighted by Crippen LogP contribution is 2.26. The molecule has 1 heterocycles. The van der Waals surface area contributed by atoms with Crippen molar-refractivity contribution in [3.8, 4) is 0 Å². The molecule has 1 aromatic carbocycles. The number of rotatable bonds is 2. The SMILES string of the molecule is CN1C(=S)C(C=O)=NC1c1ccccc1. The summed E-state index contributed by atoms with van der Waals surface area (Å²) in [7, 11) is 1.85. The highest BCUT2D eigenvalue weighted by Gasteiger charge is 2.28. The lowest BCUT2D eigenvalue weighted by atomic mass is 10.2. The maximum Gasteiger partial charge on any atom is 0.171 e. The number of carbonyl (C=O) groups is 1. The number of hydrogen-bond acceptors (Lipinski definition) is 3. The van der Waals surface area contributed by atoms with Gasteiger partial charge in [0.15, 0.2) is 6.29 Å². The van der Waals surface area contributed by atoms with Gasteiger partial charge >= 0.3 is 0 Å². The van der Waals surface area contributed by atoms with Gasteiger partial charge in [-0.05, 0) is 5.56 Å². The summed E-state index contributed by atoms with van der Waals surface area (Å²) in [6.07, 6.45) is 0.556. The molecule has 0 aromatic heterocycles. The standard InChI is InChI=1S/C11H10N2OS/c1-13-10(8-5-3-2-4-6-8)12-9(7-14)11(13)15/h2-7,10H,1H3. The first-order chi connectivity index (χ1) is 7.24. The zero-order valence-corrected chi connectivity index (χ0v) is 9.07. The van der Waals surface area contributed by atoms with Crippen LogP contribution >= 0.6 is 12.2 Å². The normalized spacial score (nSPS) is 20.3. The minimum atomic E-state index is -0.154. The minimum Gasteiger partial charge on any atom is -0.338 e. The summed E-state index contributed by atoms with van der Waals surface area (Å²) >= 11 is 5.10. The predicted molar refractivity (Wildman–Crippen MR) is 63.0 cm³/mol. The largest absolute Gasteiger partial charge is 0.338 e. The van der Waals surface area contributed by atoms with Gasteiger partial charge in [0.2, 0.25) is 0 Å². The molecule has 0 fully saturated rings. The molecular weight excluding hydrogens is 208 g/mol. The van der Waals surface area contributed by atoms with Gasteiger partial charge in [0, 0.05) is 7.05 Å². The van der Waals surface area contributed by atoms with Crippen molar-refractivity contribution in [2.24, 2.45) is 4.99 Å². The van der Waals surface area contributed by atoms with Crippen LogP contribution in [0.4, 0.5) is 0 Å². The Kier molecular flexibility index (Phi) is 2.60. The van der Waals surface area contributed by atoms with Gasteiger partial charge in [-0.25, -0.2) is 4.99 Å². The highest BCUT2D eigenvalue weighted by molar-refractivity contribution is 7.82. The van der Waals surface area contributed by atoms with Crippen molar-refractivity contribution < 1.29 is 4.79 Å². The molecule has 1 aliphatic heterocycles. The monoisotopic (exact) mass is 218 g/mol. The first-order valence-corrected chi connectivity index (χ1v) is 5.00. The number of hydrogen-bond donors (Lipinski definition) is 0. The lowest BCUT2D eigenvalue weighted by Gasteiger charge is -2.19. The van der Waals surface area contributed by atoms with Crippen molar-refractivity contribution in [3.63, 3.8) is 0 Å². The molecule has 15 heavy (non-hydrogen) atoms. The molecular formula is C11H10N2OS. The van der Waals surface area contributed by atoms with Crippen LogP contribution in [0.5, 0.6) is 0 Å². The fourth-order valence-electron chi connectivity index (χ4n) is 1.57. The summed E-state index contributed by atoms with van der Waals surface area (Å²) in [6.45, 7) is 0. The average Bonchev–Trinajstić information content (AvgIpc) is 2.57. The molecule has 2 rings (SSSR count). The van der Waals surface area contributed by atoms with E-state index >= 15 is 0 Å². The van der Waals surface area contributed by atoms with Crippen LogP contribution in [0.25, 0.3) is 0 Å². The van der Waals surface area contributed by atoms with Crippen LogP contribution in [0.2, 0.25) is 0 Å². The average molecular weight is 218 g/mol. The molecule has 0 N–H and O–H groups in total. The summed E-state index contributed by atoms with van der Waals surface area (Å²) in [4.78, 5) is 17.3. The van der Waals surface area contributed by atoms with Crippen molar-refractivity contribution in [1.29, 1.82) is 0 Å². The van der Waals surface area contributed by atoms with Crippen molar-refractivity contribution in [2.45, 2.75) is 6.17 Å². The number of nitrogens with zero attached hydrogens (tertiary/aromatic N) is 2. The fraction of sp³-hybridized carbons (Fsp3) is 0.182. The van der Waals surface area contributed by atoms with Crippen LogP contribution in [0.15, 0.2) is 35.3 Å². The highest BCUT2D eigenvalue weighted by atomic mass is 32.1. The Hall–Kier alpha value is -1.55. The van der Waals surface area contributed by atoms with E-state index in [4.69, 9.17) is 12.2 Å². The lowest BCUT2D eigenvalue weighted by Crippen LogP contribution is -2.26. The van der Waals surface area contributed by atoms with Gasteiger partial charge in [-0.2, -0.15) is 0 Å². The van der Waals surface area contributed by atoms with Crippen LogP contribution in [-0.2, 0) is 4.79 Å². The first-order valence-electron chi connectivity index (χ1n) is 4.59. The predicted octanol–water partition coefficient (Wildman–Crippen LogP) is 1.60. The van der Waals surface area contributed by atoms with Crippen molar-refractivity contribution in [2.75, 3.05) is 7.05 Å². The molecule has 4 heteroatoms. The van der Waals surface area contributed by atoms with Gasteiger partial charge in [-0.1, -0.05) is 42.5 Å². The van der Waals surface area contributed by atoms with Crippen LogP contribution in [0, 0.1) is 0 Å². The Morgan fingerprint density at radius 3 is 2.60 bits per heavy atom. The second-order valence-electron chi connectivity index (χ2n) is 3.33. The van der Waals surface area contributed by atoms with E-state index in [0.717, 1.165) is 5.56 Å². The summed E-state index contributed by atoms with van der Waals surface area (Å²) in [5.74, 6) is 0. The summed E-state index contributed by atoms with van der Waals surface area (Å²) in [6, 6.07) is 9.78. The third kappa shape index (κ3) is 1.68. The zero-order chi connectivity index (χ0) is 10.8. The van der Waals surface area contributed by atoms with E-state index in [1.165, 1.54) is 0 Å².